The summed E-state index contributed by atoms with van der Waals surface area (Å²) < 4.78 is 18.9. The maximum Gasteiger partial charge on any atom is 0.328 e. The number of ketones is 1. The van der Waals surface area contributed by atoms with Crippen molar-refractivity contribution >= 4 is 34.8 Å². The number of para-hydroxylation sites is 1. The number of aliphatic hydroxyl groups excluding tert-OH is 1. The van der Waals surface area contributed by atoms with Crippen LogP contribution in [-0.2, 0) is 25.5 Å². The van der Waals surface area contributed by atoms with E-state index in [1.54, 1.807) is 19.9 Å². The third-order valence-electron chi connectivity index (χ3n) is 4.26. The Morgan fingerprint density at radius 2 is 2.07 bits per heavy atom. The van der Waals surface area contributed by atoms with Gasteiger partial charge >= 0.3 is 5.97 Å². The second-order valence-corrected chi connectivity index (χ2v) is 6.89. The highest BCUT2D eigenvalue weighted by atomic mass is 19.1. The van der Waals surface area contributed by atoms with Crippen LogP contribution in [0.5, 0.6) is 0 Å². The van der Waals surface area contributed by atoms with Gasteiger partial charge in [-0.3, -0.25) is 9.59 Å². The predicted molar refractivity (Wildman–Crippen MR) is 104 cm³/mol. The van der Waals surface area contributed by atoms with Crippen molar-refractivity contribution in [3.63, 3.8) is 0 Å². The summed E-state index contributed by atoms with van der Waals surface area (Å²) in [7, 11) is 0. The molecule has 1 aromatic heterocycles. The minimum absolute atomic E-state index is 0.0590. The number of Topliss-reactive ketones (excluding diaryl/α,β-unsaturated/α-hetero) is 1. The van der Waals surface area contributed by atoms with E-state index in [4.69, 9.17) is 10.1 Å². The Balaban J connectivity index is 2.07. The molecule has 0 aliphatic rings. The topological polar surface area (TPSA) is 132 Å². The van der Waals surface area contributed by atoms with Crippen LogP contribution in [0.25, 0.3) is 10.9 Å². The van der Waals surface area contributed by atoms with E-state index in [1.807, 2.05) is 0 Å². The number of benzene rings is 1. The number of rotatable bonds is 10. The Hall–Kier alpha value is -3.07. The molecule has 0 aliphatic carbocycles. The number of aromatic amines is 1. The lowest BCUT2D eigenvalue weighted by atomic mass is 10.0. The molecule has 2 atom stereocenters. The number of halogens is 1. The molecule has 0 bridgehead atoms. The van der Waals surface area contributed by atoms with Crippen molar-refractivity contribution in [2.45, 2.75) is 51.4 Å². The molecule has 8 nitrogen and oxygen atoms in total. The monoisotopic (exact) mass is 405 g/mol. The Kier molecular flexibility index (Phi) is 7.60. The smallest absolute Gasteiger partial charge is 0.328 e. The van der Waals surface area contributed by atoms with Crippen LogP contribution < -0.4 is 5.32 Å². The van der Waals surface area contributed by atoms with E-state index in [9.17, 15) is 23.9 Å². The van der Waals surface area contributed by atoms with Gasteiger partial charge in [0, 0.05) is 24.4 Å². The number of carbonyl (C=O) groups excluding carboxylic acids is 3. The number of hydrogen-bond acceptors (Lipinski definition) is 6. The molecule has 0 fully saturated rings. The minimum Gasteiger partial charge on any atom is -0.461 e. The predicted octanol–water partition coefficient (Wildman–Crippen LogP) is 1.65. The Morgan fingerprint density at radius 3 is 2.72 bits per heavy atom. The first-order valence-electron chi connectivity index (χ1n) is 9.19. The quantitative estimate of drug-likeness (QED) is 0.352. The molecule has 0 aliphatic heterocycles. The summed E-state index contributed by atoms with van der Waals surface area (Å²) in [5.41, 5.74) is 0.820. The summed E-state index contributed by atoms with van der Waals surface area (Å²) in [6, 6.07) is 3.36. The van der Waals surface area contributed by atoms with Crippen molar-refractivity contribution < 1.29 is 28.6 Å². The molecule has 0 spiro atoms. The number of fused-ring (bicyclic) bond motifs is 1. The molecular weight excluding hydrogens is 381 g/mol. The molecule has 0 saturated carbocycles. The van der Waals surface area contributed by atoms with E-state index in [1.165, 1.54) is 18.3 Å². The lowest BCUT2D eigenvalue weighted by Crippen LogP contribution is -2.47. The number of ether oxygens (including phenoxy) is 1. The van der Waals surface area contributed by atoms with Crippen molar-refractivity contribution in [3.8, 4) is 0 Å². The fraction of sp³-hybridized carbons (Fsp3) is 0.400. The van der Waals surface area contributed by atoms with Crippen LogP contribution in [-0.4, -0.2) is 52.2 Å². The average molecular weight is 405 g/mol. The third-order valence-corrected chi connectivity index (χ3v) is 4.26. The van der Waals surface area contributed by atoms with E-state index < -0.39 is 41.7 Å². The van der Waals surface area contributed by atoms with Gasteiger partial charge in [-0.1, -0.05) is 12.1 Å². The van der Waals surface area contributed by atoms with Gasteiger partial charge < -0.3 is 25.6 Å². The summed E-state index contributed by atoms with van der Waals surface area (Å²) in [6.07, 6.45) is -0.0531. The largest absolute Gasteiger partial charge is 0.461 e. The molecule has 29 heavy (non-hydrogen) atoms. The van der Waals surface area contributed by atoms with E-state index in [0.29, 0.717) is 17.2 Å². The Labute approximate surface area is 166 Å². The van der Waals surface area contributed by atoms with Gasteiger partial charge in [0.25, 0.3) is 0 Å². The summed E-state index contributed by atoms with van der Waals surface area (Å²) in [6.45, 7) is 3.29. The highest BCUT2D eigenvalue weighted by Crippen LogP contribution is 2.22. The molecule has 0 saturated heterocycles. The van der Waals surface area contributed by atoms with Crippen molar-refractivity contribution in [1.29, 1.82) is 5.41 Å². The highest BCUT2D eigenvalue weighted by Gasteiger charge is 2.27. The molecule has 2 aromatic rings. The second kappa shape index (κ2) is 9.92. The first kappa shape index (κ1) is 22.2. The second-order valence-electron chi connectivity index (χ2n) is 6.89. The number of hydrogen-bond donors (Lipinski definition) is 4. The Bertz CT molecular complexity index is 909. The number of esters is 1. The molecule has 2 rings (SSSR count). The van der Waals surface area contributed by atoms with Crippen LogP contribution >= 0.6 is 0 Å². The van der Waals surface area contributed by atoms with Crippen LogP contribution in [0.2, 0.25) is 0 Å². The summed E-state index contributed by atoms with van der Waals surface area (Å²) in [4.78, 5) is 38.7. The first-order chi connectivity index (χ1) is 13.7. The molecular formula is C20H24FN3O5. The molecule has 156 valence electrons. The van der Waals surface area contributed by atoms with Gasteiger partial charge in [-0.2, -0.15) is 0 Å². The fourth-order valence-corrected chi connectivity index (χ4v) is 2.84. The molecule has 1 amide bonds. The Morgan fingerprint density at radius 1 is 1.34 bits per heavy atom. The number of aromatic nitrogens is 1. The van der Waals surface area contributed by atoms with Gasteiger partial charge in [0.1, 0.15) is 18.0 Å². The maximum absolute atomic E-state index is 13.8. The van der Waals surface area contributed by atoms with Gasteiger partial charge in [-0.05, 0) is 31.9 Å². The van der Waals surface area contributed by atoms with E-state index in [0.717, 1.165) is 0 Å². The van der Waals surface area contributed by atoms with Gasteiger partial charge in [0.2, 0.25) is 5.91 Å². The standard InChI is InChI=1S/C20H24FN3O5/c1-11(2)29-20(28)16(7-6-13(25)9-22)24-19(27)17(26)8-12-10-23-18-14(12)4-3-5-15(18)21/h3-5,9-11,16-17,22-23,26H,6-8H2,1-2H3,(H,24,27)/t16-,17-/m0/s1. The summed E-state index contributed by atoms with van der Waals surface area (Å²) in [5.74, 6) is -2.49. The van der Waals surface area contributed by atoms with Crippen molar-refractivity contribution in [1.82, 2.24) is 10.3 Å². The summed E-state index contributed by atoms with van der Waals surface area (Å²) in [5, 5.41) is 20.1. The van der Waals surface area contributed by atoms with Crippen LogP contribution in [0.15, 0.2) is 24.4 Å². The molecule has 4 N–H and O–H groups in total. The van der Waals surface area contributed by atoms with Gasteiger partial charge in [-0.15, -0.1) is 0 Å². The number of nitrogens with one attached hydrogen (secondary N) is 3. The van der Waals surface area contributed by atoms with Crippen LogP contribution in [0.4, 0.5) is 4.39 Å². The van der Waals surface area contributed by atoms with Gasteiger partial charge in [0.05, 0.1) is 17.8 Å². The van der Waals surface area contributed by atoms with Crippen molar-refractivity contribution in [2.75, 3.05) is 0 Å². The number of carbonyl (C=O) groups is 3. The lowest BCUT2D eigenvalue weighted by Gasteiger charge is -2.20. The normalized spacial score (nSPS) is 13.1. The molecule has 0 unspecified atom stereocenters. The first-order valence-corrected chi connectivity index (χ1v) is 9.19. The fourth-order valence-electron chi connectivity index (χ4n) is 2.84. The zero-order valence-electron chi connectivity index (χ0n) is 16.2. The number of aliphatic hydroxyl groups is 1. The highest BCUT2D eigenvalue weighted by molar-refractivity contribution is 6.26. The van der Waals surface area contributed by atoms with E-state index >= 15 is 0 Å². The number of H-pyrrole nitrogens is 1. The third kappa shape index (κ3) is 5.95. The summed E-state index contributed by atoms with van der Waals surface area (Å²) >= 11 is 0. The average Bonchev–Trinajstić information content (AvgIpc) is 3.08. The molecule has 1 heterocycles. The molecule has 1 aromatic carbocycles. The van der Waals surface area contributed by atoms with E-state index in [-0.39, 0.29) is 24.8 Å². The van der Waals surface area contributed by atoms with Crippen molar-refractivity contribution in [2.24, 2.45) is 0 Å². The number of amides is 1. The van der Waals surface area contributed by atoms with Crippen LogP contribution in [0.3, 0.4) is 0 Å². The maximum atomic E-state index is 13.8. The van der Waals surface area contributed by atoms with E-state index in [2.05, 4.69) is 10.3 Å². The zero-order chi connectivity index (χ0) is 21.6. The SMILES string of the molecule is CC(C)OC(=O)[C@H](CCC(=O)C=N)NC(=O)[C@@H](O)Cc1c[nH]c2c(F)cccc12. The molecule has 0 radical (unpaired) electrons. The lowest BCUT2D eigenvalue weighted by molar-refractivity contribution is -0.152. The van der Waals surface area contributed by atoms with Gasteiger partial charge in [-0.25, -0.2) is 9.18 Å². The van der Waals surface area contributed by atoms with Gasteiger partial charge in [0.15, 0.2) is 5.78 Å². The van der Waals surface area contributed by atoms with Crippen LogP contribution in [0.1, 0.15) is 32.3 Å². The van der Waals surface area contributed by atoms with Crippen molar-refractivity contribution in [3.05, 3.63) is 35.8 Å². The zero-order valence-corrected chi connectivity index (χ0v) is 16.2. The minimum atomic E-state index is -1.50. The van der Waals surface area contributed by atoms with Crippen LogP contribution in [0, 0.1) is 11.2 Å². The molecule has 9 heteroatoms.